The molecule has 0 unspecified atom stereocenters. The number of amides is 1. The monoisotopic (exact) mass is 412 g/mol. The lowest BCUT2D eigenvalue weighted by Crippen LogP contribution is -2.21. The highest BCUT2D eigenvalue weighted by Gasteiger charge is 2.16. The van der Waals surface area contributed by atoms with Crippen molar-refractivity contribution >= 4 is 35.0 Å². The molecule has 0 atom stereocenters. The van der Waals surface area contributed by atoms with Gasteiger partial charge in [-0.3, -0.25) is 14.9 Å². The highest BCUT2D eigenvalue weighted by molar-refractivity contribution is 7.98. The second kappa shape index (κ2) is 9.07. The molecule has 0 aliphatic rings. The lowest BCUT2D eigenvalue weighted by molar-refractivity contribution is -0.384. The average molecular weight is 412 g/mol. The summed E-state index contributed by atoms with van der Waals surface area (Å²) in [4.78, 5) is 35.3. The van der Waals surface area contributed by atoms with E-state index >= 15 is 0 Å². The minimum absolute atomic E-state index is 0.0472. The maximum atomic E-state index is 12.1. The number of nitrogens with zero attached hydrogens (tertiary/aromatic N) is 1. The third-order valence-corrected chi connectivity index (χ3v) is 4.68. The minimum atomic E-state index is -0.786. The van der Waals surface area contributed by atoms with Crippen molar-refractivity contribution < 1.29 is 23.7 Å². The Labute approximate surface area is 170 Å². The van der Waals surface area contributed by atoms with Crippen molar-refractivity contribution in [2.45, 2.75) is 4.90 Å². The zero-order valence-corrected chi connectivity index (χ0v) is 16.1. The van der Waals surface area contributed by atoms with Crippen molar-refractivity contribution in [3.63, 3.8) is 0 Å². The van der Waals surface area contributed by atoms with Gasteiger partial charge < -0.3 is 14.5 Å². The van der Waals surface area contributed by atoms with E-state index in [0.29, 0.717) is 17.0 Å². The lowest BCUT2D eigenvalue weighted by Gasteiger charge is -2.09. The van der Waals surface area contributed by atoms with Crippen LogP contribution in [-0.4, -0.2) is 29.7 Å². The average Bonchev–Trinajstić information content (AvgIpc) is 3.23. The number of furan rings is 1. The summed E-state index contributed by atoms with van der Waals surface area (Å²) < 4.78 is 10.4. The van der Waals surface area contributed by atoms with Crippen molar-refractivity contribution in [1.29, 1.82) is 0 Å². The fourth-order valence-electron chi connectivity index (χ4n) is 2.49. The van der Waals surface area contributed by atoms with E-state index in [2.05, 4.69) is 5.32 Å². The number of nitrogens with one attached hydrogen (secondary N) is 1. The van der Waals surface area contributed by atoms with Crippen LogP contribution in [0, 0.1) is 10.1 Å². The fourth-order valence-corrected chi connectivity index (χ4v) is 3.04. The number of para-hydroxylation sites is 1. The van der Waals surface area contributed by atoms with Gasteiger partial charge in [-0.25, -0.2) is 4.79 Å². The van der Waals surface area contributed by atoms with Crippen molar-refractivity contribution in [2.75, 3.05) is 18.2 Å². The van der Waals surface area contributed by atoms with Crippen molar-refractivity contribution in [3.8, 4) is 11.3 Å². The van der Waals surface area contributed by atoms with Crippen molar-refractivity contribution in [1.82, 2.24) is 0 Å². The van der Waals surface area contributed by atoms with Crippen LogP contribution in [0.1, 0.15) is 10.6 Å². The van der Waals surface area contributed by atoms with Crippen LogP contribution in [0.15, 0.2) is 70.0 Å². The van der Waals surface area contributed by atoms with E-state index < -0.39 is 23.4 Å². The topological polar surface area (TPSA) is 112 Å². The molecule has 1 N–H and O–H groups in total. The van der Waals surface area contributed by atoms with Crippen molar-refractivity contribution in [3.05, 3.63) is 76.5 Å². The summed E-state index contributed by atoms with van der Waals surface area (Å²) in [5.74, 6) is -0.977. The number of hydrogen-bond donors (Lipinski definition) is 1. The van der Waals surface area contributed by atoms with E-state index in [-0.39, 0.29) is 11.4 Å². The first-order valence-electron chi connectivity index (χ1n) is 8.42. The van der Waals surface area contributed by atoms with E-state index in [1.165, 1.54) is 42.1 Å². The molecule has 0 aliphatic heterocycles. The van der Waals surface area contributed by atoms with Crippen LogP contribution in [0.25, 0.3) is 11.3 Å². The number of carbonyl (C=O) groups is 2. The van der Waals surface area contributed by atoms with Gasteiger partial charge in [-0.1, -0.05) is 12.1 Å². The summed E-state index contributed by atoms with van der Waals surface area (Å²) in [5.41, 5.74) is 1.16. The van der Waals surface area contributed by atoms with Crippen LogP contribution in [0.4, 0.5) is 11.4 Å². The number of benzene rings is 2. The van der Waals surface area contributed by atoms with Crippen LogP contribution in [0.5, 0.6) is 0 Å². The minimum Gasteiger partial charge on any atom is -0.450 e. The van der Waals surface area contributed by atoms with E-state index in [9.17, 15) is 19.7 Å². The SMILES string of the molecule is CSc1ccccc1NC(=O)COC(=O)c1ccc(-c2ccc([N+](=O)[O-])cc2)o1. The van der Waals surface area contributed by atoms with Crippen LogP contribution in [0.2, 0.25) is 0 Å². The number of nitro groups is 1. The maximum absolute atomic E-state index is 12.1. The summed E-state index contributed by atoms with van der Waals surface area (Å²) in [7, 11) is 0. The quantitative estimate of drug-likeness (QED) is 0.265. The molecule has 2 aromatic carbocycles. The van der Waals surface area contributed by atoms with Gasteiger partial charge in [0.1, 0.15) is 5.76 Å². The number of ether oxygens (including phenoxy) is 1. The Morgan fingerprint density at radius 3 is 2.52 bits per heavy atom. The number of thioether (sulfide) groups is 1. The summed E-state index contributed by atoms with van der Waals surface area (Å²) in [5, 5.41) is 13.4. The normalized spacial score (nSPS) is 10.4. The molecular weight excluding hydrogens is 396 g/mol. The first-order valence-corrected chi connectivity index (χ1v) is 9.65. The summed E-state index contributed by atoms with van der Waals surface area (Å²) in [6.07, 6.45) is 1.89. The lowest BCUT2D eigenvalue weighted by atomic mass is 10.1. The zero-order valence-electron chi connectivity index (χ0n) is 15.3. The molecular formula is C20H16N2O6S. The van der Waals surface area contributed by atoms with Gasteiger partial charge in [0.05, 0.1) is 10.6 Å². The van der Waals surface area contributed by atoms with Gasteiger partial charge in [0.15, 0.2) is 6.61 Å². The number of anilines is 1. The molecule has 0 bridgehead atoms. The van der Waals surface area contributed by atoms with E-state index in [1.54, 1.807) is 18.2 Å². The third kappa shape index (κ3) is 5.02. The molecule has 1 amide bonds. The molecule has 9 heteroatoms. The number of hydrogen-bond acceptors (Lipinski definition) is 7. The first kappa shape index (κ1) is 20.2. The van der Waals surface area contributed by atoms with Crippen molar-refractivity contribution in [2.24, 2.45) is 0 Å². The van der Waals surface area contributed by atoms with Gasteiger partial charge in [-0.2, -0.15) is 0 Å². The number of carbonyl (C=O) groups excluding carboxylic acids is 2. The number of nitro benzene ring substituents is 1. The van der Waals surface area contributed by atoms with E-state index in [0.717, 1.165) is 4.90 Å². The Morgan fingerprint density at radius 2 is 1.83 bits per heavy atom. The molecule has 148 valence electrons. The molecule has 29 heavy (non-hydrogen) atoms. The molecule has 1 heterocycles. The van der Waals surface area contributed by atoms with Crippen LogP contribution in [-0.2, 0) is 9.53 Å². The number of esters is 1. The second-order valence-electron chi connectivity index (χ2n) is 5.79. The molecule has 0 aliphatic carbocycles. The van der Waals surface area contributed by atoms with Gasteiger partial charge in [0.25, 0.3) is 11.6 Å². The standard InChI is InChI=1S/C20H16N2O6S/c1-29-18-5-3-2-4-15(18)21-19(23)12-27-20(24)17-11-10-16(28-17)13-6-8-14(9-7-13)22(25)26/h2-11H,12H2,1H3,(H,21,23). The molecule has 8 nitrogen and oxygen atoms in total. The number of rotatable bonds is 7. The van der Waals surface area contributed by atoms with E-state index in [4.69, 9.17) is 9.15 Å². The van der Waals surface area contributed by atoms with Gasteiger partial charge in [-0.15, -0.1) is 11.8 Å². The zero-order chi connectivity index (χ0) is 20.8. The Kier molecular flexibility index (Phi) is 6.30. The molecule has 3 rings (SSSR count). The van der Waals surface area contributed by atoms with Gasteiger partial charge >= 0.3 is 5.97 Å². The highest BCUT2D eigenvalue weighted by Crippen LogP contribution is 2.26. The Bertz CT molecular complexity index is 1050. The molecule has 0 radical (unpaired) electrons. The maximum Gasteiger partial charge on any atom is 0.374 e. The summed E-state index contributed by atoms with van der Waals surface area (Å²) in [6, 6.07) is 16.0. The highest BCUT2D eigenvalue weighted by atomic mass is 32.2. The molecule has 0 fully saturated rings. The van der Waals surface area contributed by atoms with Gasteiger partial charge in [0, 0.05) is 22.6 Å². The first-order chi connectivity index (χ1) is 14.0. The summed E-state index contributed by atoms with van der Waals surface area (Å²) >= 11 is 1.49. The Balaban J connectivity index is 1.59. The van der Waals surface area contributed by atoms with Gasteiger partial charge in [0.2, 0.25) is 5.76 Å². The van der Waals surface area contributed by atoms with Crippen LogP contribution >= 0.6 is 11.8 Å². The summed E-state index contributed by atoms with van der Waals surface area (Å²) in [6.45, 7) is -0.463. The molecule has 0 spiro atoms. The van der Waals surface area contributed by atoms with E-state index in [1.807, 2.05) is 18.4 Å². The van der Waals surface area contributed by atoms with Crippen LogP contribution < -0.4 is 5.32 Å². The smallest absolute Gasteiger partial charge is 0.374 e. The predicted octanol–water partition coefficient (Wildman–Crippen LogP) is 4.37. The third-order valence-electron chi connectivity index (χ3n) is 3.89. The Hall–Kier alpha value is -3.59. The molecule has 1 aromatic heterocycles. The molecule has 3 aromatic rings. The predicted molar refractivity (Wildman–Crippen MR) is 108 cm³/mol. The van der Waals surface area contributed by atoms with Gasteiger partial charge in [-0.05, 0) is 42.7 Å². The fraction of sp³-hybridized carbons (Fsp3) is 0.100. The molecule has 0 saturated heterocycles. The molecule has 0 saturated carbocycles. The Morgan fingerprint density at radius 1 is 1.10 bits per heavy atom. The van der Waals surface area contributed by atoms with Crippen LogP contribution in [0.3, 0.4) is 0 Å². The largest absolute Gasteiger partial charge is 0.450 e. The second-order valence-corrected chi connectivity index (χ2v) is 6.64. The number of non-ortho nitro benzene ring substituents is 1.